The molecule has 0 heterocycles. The molecule has 0 aromatic heterocycles. The van der Waals surface area contributed by atoms with Gasteiger partial charge in [-0.25, -0.2) is 5.43 Å². The maximum absolute atomic E-state index is 11.8. The van der Waals surface area contributed by atoms with Crippen molar-refractivity contribution >= 4 is 12.1 Å². The largest absolute Gasteiger partial charge is 0.507 e. The molecule has 0 aliphatic rings. The Morgan fingerprint density at radius 3 is 2.55 bits per heavy atom. The summed E-state index contributed by atoms with van der Waals surface area (Å²) in [7, 11) is 0. The molecule has 4 nitrogen and oxygen atoms in total. The fourth-order valence-electron chi connectivity index (χ4n) is 1.73. The van der Waals surface area contributed by atoms with E-state index in [2.05, 4.69) is 17.5 Å². The maximum Gasteiger partial charge on any atom is 0.275 e. The van der Waals surface area contributed by atoms with Gasteiger partial charge in [-0.2, -0.15) is 5.10 Å². The highest BCUT2D eigenvalue weighted by atomic mass is 16.3. The number of nitrogens with zero attached hydrogens (tertiary/aromatic N) is 1. The molecule has 0 bridgehead atoms. The van der Waals surface area contributed by atoms with Crippen molar-refractivity contribution in [1.82, 2.24) is 5.43 Å². The number of hydrogen-bond acceptors (Lipinski definition) is 3. The second kappa shape index (κ2) is 6.52. The molecule has 20 heavy (non-hydrogen) atoms. The summed E-state index contributed by atoms with van der Waals surface area (Å²) in [5.74, 6) is -0.503. The number of phenols is 1. The summed E-state index contributed by atoms with van der Waals surface area (Å²) in [6.07, 6.45) is 2.55. The third kappa shape index (κ3) is 3.45. The number of aryl methyl sites for hydroxylation is 1. The molecule has 2 aromatic carbocycles. The number of aromatic hydroxyl groups is 1. The molecule has 2 aromatic rings. The number of hydrazone groups is 1. The van der Waals surface area contributed by atoms with Crippen LogP contribution in [0.1, 0.15) is 28.4 Å². The van der Waals surface area contributed by atoms with Crippen LogP contribution in [0.3, 0.4) is 0 Å². The molecular formula is C16H16N2O2. The first kappa shape index (κ1) is 13.8. The van der Waals surface area contributed by atoms with E-state index in [0.29, 0.717) is 0 Å². The van der Waals surface area contributed by atoms with Crippen molar-refractivity contribution in [3.8, 4) is 5.75 Å². The highest BCUT2D eigenvalue weighted by molar-refractivity contribution is 5.97. The molecule has 0 saturated heterocycles. The molecule has 0 fully saturated rings. The predicted octanol–water partition coefficient (Wildman–Crippen LogP) is 2.72. The van der Waals surface area contributed by atoms with Crippen LogP contribution in [-0.2, 0) is 6.42 Å². The van der Waals surface area contributed by atoms with Crippen molar-refractivity contribution in [3.63, 3.8) is 0 Å². The Labute approximate surface area is 117 Å². The van der Waals surface area contributed by atoms with Gasteiger partial charge in [-0.1, -0.05) is 43.3 Å². The zero-order valence-electron chi connectivity index (χ0n) is 11.2. The zero-order chi connectivity index (χ0) is 14.4. The Hall–Kier alpha value is -2.62. The lowest BCUT2D eigenvalue weighted by Crippen LogP contribution is -2.17. The van der Waals surface area contributed by atoms with Gasteiger partial charge in [0.25, 0.3) is 5.91 Å². The van der Waals surface area contributed by atoms with Crippen molar-refractivity contribution in [2.24, 2.45) is 5.10 Å². The third-order valence-corrected chi connectivity index (χ3v) is 2.92. The fourth-order valence-corrected chi connectivity index (χ4v) is 1.73. The normalized spacial score (nSPS) is 10.7. The van der Waals surface area contributed by atoms with E-state index in [4.69, 9.17) is 0 Å². The summed E-state index contributed by atoms with van der Waals surface area (Å²) in [4.78, 5) is 11.8. The lowest BCUT2D eigenvalue weighted by Gasteiger charge is -2.02. The number of hydrogen-bond donors (Lipinski definition) is 2. The summed E-state index contributed by atoms with van der Waals surface area (Å²) < 4.78 is 0. The minimum Gasteiger partial charge on any atom is -0.507 e. The maximum atomic E-state index is 11.8. The minimum absolute atomic E-state index is 0.0625. The van der Waals surface area contributed by atoms with Crippen molar-refractivity contribution < 1.29 is 9.90 Å². The van der Waals surface area contributed by atoms with E-state index in [-0.39, 0.29) is 11.3 Å². The molecule has 0 aliphatic carbocycles. The summed E-state index contributed by atoms with van der Waals surface area (Å²) >= 11 is 0. The van der Waals surface area contributed by atoms with Gasteiger partial charge in [0.15, 0.2) is 0 Å². The standard InChI is InChI=1S/C16H16N2O2/c1-2-12-7-9-13(10-8-12)11-17-18-16(20)14-5-3-4-6-15(14)19/h3-11,19H,2H2,1H3,(H,18,20). The first-order chi connectivity index (χ1) is 9.70. The van der Waals surface area contributed by atoms with Crippen LogP contribution < -0.4 is 5.43 Å². The number of carbonyl (C=O) groups is 1. The highest BCUT2D eigenvalue weighted by Gasteiger charge is 2.08. The molecule has 1 amide bonds. The van der Waals surface area contributed by atoms with E-state index < -0.39 is 5.91 Å². The van der Waals surface area contributed by atoms with Crippen LogP contribution in [0.5, 0.6) is 5.75 Å². The van der Waals surface area contributed by atoms with Gasteiger partial charge in [0, 0.05) is 0 Å². The number of amides is 1. The smallest absolute Gasteiger partial charge is 0.275 e. The monoisotopic (exact) mass is 268 g/mol. The molecule has 0 spiro atoms. The lowest BCUT2D eigenvalue weighted by molar-refractivity contribution is 0.0952. The summed E-state index contributed by atoms with van der Waals surface area (Å²) in [5, 5.41) is 13.4. The summed E-state index contributed by atoms with van der Waals surface area (Å²) in [6.45, 7) is 2.09. The first-order valence-corrected chi connectivity index (χ1v) is 6.41. The van der Waals surface area contributed by atoms with Crippen molar-refractivity contribution in [2.75, 3.05) is 0 Å². The lowest BCUT2D eigenvalue weighted by atomic mass is 10.1. The van der Waals surface area contributed by atoms with Crippen LogP contribution in [0.2, 0.25) is 0 Å². The number of phenolic OH excluding ortho intramolecular Hbond substituents is 1. The predicted molar refractivity (Wildman–Crippen MR) is 79.0 cm³/mol. The molecule has 0 aliphatic heterocycles. The second-order valence-corrected chi connectivity index (χ2v) is 4.31. The molecule has 0 atom stereocenters. The first-order valence-electron chi connectivity index (χ1n) is 6.41. The third-order valence-electron chi connectivity index (χ3n) is 2.92. The van der Waals surface area contributed by atoms with Gasteiger partial charge < -0.3 is 5.11 Å². The Balaban J connectivity index is 1.99. The molecule has 0 unspecified atom stereocenters. The van der Waals surface area contributed by atoms with Crippen LogP contribution in [0.15, 0.2) is 53.6 Å². The Morgan fingerprint density at radius 1 is 1.20 bits per heavy atom. The number of rotatable bonds is 4. The minimum atomic E-state index is -0.440. The topological polar surface area (TPSA) is 61.7 Å². The van der Waals surface area contributed by atoms with E-state index in [0.717, 1.165) is 12.0 Å². The molecule has 0 radical (unpaired) electrons. The van der Waals surface area contributed by atoms with E-state index >= 15 is 0 Å². The Kier molecular flexibility index (Phi) is 4.50. The summed E-state index contributed by atoms with van der Waals surface area (Å²) in [6, 6.07) is 14.3. The number of carbonyl (C=O) groups excluding carboxylic acids is 1. The van der Waals surface area contributed by atoms with Gasteiger partial charge >= 0.3 is 0 Å². The van der Waals surface area contributed by atoms with Gasteiger partial charge in [-0.05, 0) is 29.7 Å². The van der Waals surface area contributed by atoms with E-state index in [1.807, 2.05) is 24.3 Å². The molecular weight excluding hydrogens is 252 g/mol. The highest BCUT2D eigenvalue weighted by Crippen LogP contribution is 2.14. The average molecular weight is 268 g/mol. The van der Waals surface area contributed by atoms with Crippen LogP contribution in [0, 0.1) is 0 Å². The SMILES string of the molecule is CCc1ccc(C=NNC(=O)c2ccccc2O)cc1. The van der Waals surface area contributed by atoms with Crippen LogP contribution >= 0.6 is 0 Å². The van der Waals surface area contributed by atoms with Gasteiger partial charge in [0.2, 0.25) is 0 Å². The van der Waals surface area contributed by atoms with Crippen molar-refractivity contribution in [2.45, 2.75) is 13.3 Å². The molecule has 102 valence electrons. The van der Waals surface area contributed by atoms with E-state index in [1.165, 1.54) is 17.7 Å². The van der Waals surface area contributed by atoms with Gasteiger partial charge in [-0.15, -0.1) is 0 Å². The van der Waals surface area contributed by atoms with Gasteiger partial charge in [-0.3, -0.25) is 4.79 Å². The Morgan fingerprint density at radius 2 is 1.90 bits per heavy atom. The number of para-hydroxylation sites is 1. The molecule has 0 saturated carbocycles. The van der Waals surface area contributed by atoms with Crippen LogP contribution in [-0.4, -0.2) is 17.2 Å². The molecule has 2 N–H and O–H groups in total. The van der Waals surface area contributed by atoms with Gasteiger partial charge in [0.05, 0.1) is 11.8 Å². The number of nitrogens with one attached hydrogen (secondary N) is 1. The Bertz CT molecular complexity index is 619. The van der Waals surface area contributed by atoms with E-state index in [9.17, 15) is 9.90 Å². The molecule has 2 rings (SSSR count). The van der Waals surface area contributed by atoms with Crippen molar-refractivity contribution in [1.29, 1.82) is 0 Å². The number of benzene rings is 2. The quantitative estimate of drug-likeness (QED) is 0.661. The van der Waals surface area contributed by atoms with Crippen LogP contribution in [0.25, 0.3) is 0 Å². The summed E-state index contributed by atoms with van der Waals surface area (Å²) in [5.41, 5.74) is 4.74. The van der Waals surface area contributed by atoms with Crippen molar-refractivity contribution in [3.05, 3.63) is 65.2 Å². The fraction of sp³-hybridized carbons (Fsp3) is 0.125. The molecule has 4 heteroatoms. The van der Waals surface area contributed by atoms with E-state index in [1.54, 1.807) is 18.3 Å². The van der Waals surface area contributed by atoms with Crippen LogP contribution in [0.4, 0.5) is 0 Å². The van der Waals surface area contributed by atoms with Gasteiger partial charge in [0.1, 0.15) is 5.75 Å². The average Bonchev–Trinajstić information content (AvgIpc) is 2.48. The second-order valence-electron chi connectivity index (χ2n) is 4.31. The zero-order valence-corrected chi connectivity index (χ0v) is 11.2.